The SMILES string of the molecule is Cc1nn(C)cc1-c1ccc(C#N)c(=S)[nH]1. The van der Waals surface area contributed by atoms with Gasteiger partial charge in [-0.25, -0.2) is 0 Å². The Morgan fingerprint density at radius 3 is 2.75 bits per heavy atom. The molecule has 2 heterocycles. The van der Waals surface area contributed by atoms with Gasteiger partial charge < -0.3 is 4.98 Å². The quantitative estimate of drug-likeness (QED) is 0.765. The summed E-state index contributed by atoms with van der Waals surface area (Å²) in [7, 11) is 1.87. The highest BCUT2D eigenvalue weighted by molar-refractivity contribution is 7.71. The lowest BCUT2D eigenvalue weighted by Gasteiger charge is -1.99. The second-order valence-corrected chi connectivity index (χ2v) is 3.94. The van der Waals surface area contributed by atoms with Gasteiger partial charge in [0.1, 0.15) is 10.7 Å². The van der Waals surface area contributed by atoms with E-state index in [4.69, 9.17) is 17.5 Å². The van der Waals surface area contributed by atoms with Crippen LogP contribution in [0.25, 0.3) is 11.3 Å². The highest BCUT2D eigenvalue weighted by Gasteiger charge is 2.06. The molecule has 0 radical (unpaired) electrons. The molecule has 80 valence electrons. The number of nitriles is 1. The smallest absolute Gasteiger partial charge is 0.121 e. The lowest BCUT2D eigenvalue weighted by Crippen LogP contribution is -1.87. The maximum absolute atomic E-state index is 8.79. The molecule has 0 aromatic carbocycles. The first-order chi connectivity index (χ1) is 7.61. The Hall–Kier alpha value is -1.93. The second-order valence-electron chi connectivity index (χ2n) is 3.53. The van der Waals surface area contributed by atoms with Crippen molar-refractivity contribution in [2.75, 3.05) is 0 Å². The highest BCUT2D eigenvalue weighted by Crippen LogP contribution is 2.20. The Balaban J connectivity index is 2.59. The molecular weight excluding hydrogens is 220 g/mol. The average molecular weight is 230 g/mol. The minimum absolute atomic E-state index is 0.461. The summed E-state index contributed by atoms with van der Waals surface area (Å²) in [5.74, 6) is 0. The molecule has 0 atom stereocenters. The zero-order chi connectivity index (χ0) is 11.7. The minimum atomic E-state index is 0.461. The first-order valence-corrected chi connectivity index (χ1v) is 5.16. The Kier molecular flexibility index (Phi) is 2.59. The molecule has 0 bridgehead atoms. The van der Waals surface area contributed by atoms with E-state index < -0.39 is 0 Å². The van der Waals surface area contributed by atoms with Crippen molar-refractivity contribution >= 4 is 12.2 Å². The van der Waals surface area contributed by atoms with E-state index in [1.165, 1.54) is 0 Å². The molecule has 0 saturated heterocycles. The number of hydrogen-bond donors (Lipinski definition) is 1. The van der Waals surface area contributed by atoms with E-state index >= 15 is 0 Å². The largest absolute Gasteiger partial charge is 0.345 e. The summed E-state index contributed by atoms with van der Waals surface area (Å²) in [6.07, 6.45) is 1.92. The molecule has 2 aromatic heterocycles. The molecule has 0 aliphatic carbocycles. The molecule has 0 amide bonds. The van der Waals surface area contributed by atoms with Crippen LogP contribution in [-0.2, 0) is 7.05 Å². The summed E-state index contributed by atoms with van der Waals surface area (Å²) in [6, 6.07) is 5.61. The third-order valence-electron chi connectivity index (χ3n) is 2.33. The lowest BCUT2D eigenvalue weighted by atomic mass is 10.1. The van der Waals surface area contributed by atoms with Gasteiger partial charge in [0.2, 0.25) is 0 Å². The first kappa shape index (κ1) is 10.6. The first-order valence-electron chi connectivity index (χ1n) is 4.76. The fourth-order valence-electron chi connectivity index (χ4n) is 1.58. The van der Waals surface area contributed by atoms with Gasteiger partial charge in [0.05, 0.1) is 11.3 Å². The van der Waals surface area contributed by atoms with Crippen LogP contribution in [0.1, 0.15) is 11.3 Å². The predicted molar refractivity (Wildman–Crippen MR) is 63.3 cm³/mol. The Morgan fingerprint density at radius 1 is 1.50 bits per heavy atom. The van der Waals surface area contributed by atoms with Crippen molar-refractivity contribution in [1.29, 1.82) is 5.26 Å². The molecule has 4 nitrogen and oxygen atoms in total. The molecule has 16 heavy (non-hydrogen) atoms. The summed E-state index contributed by atoms with van der Waals surface area (Å²) in [5, 5.41) is 13.0. The Labute approximate surface area is 98.2 Å². The van der Waals surface area contributed by atoms with Gasteiger partial charge in [-0.2, -0.15) is 10.4 Å². The third-order valence-corrected chi connectivity index (χ3v) is 2.66. The van der Waals surface area contributed by atoms with Crippen LogP contribution in [0.2, 0.25) is 0 Å². The summed E-state index contributed by atoms with van der Waals surface area (Å²) < 4.78 is 2.21. The molecule has 5 heteroatoms. The average Bonchev–Trinajstić information content (AvgIpc) is 2.58. The summed E-state index contributed by atoms with van der Waals surface area (Å²) in [6.45, 7) is 1.93. The van der Waals surface area contributed by atoms with Gasteiger partial charge in [-0.3, -0.25) is 4.68 Å². The van der Waals surface area contributed by atoms with Gasteiger partial charge in [0, 0.05) is 24.5 Å². The van der Waals surface area contributed by atoms with Crippen LogP contribution >= 0.6 is 12.2 Å². The van der Waals surface area contributed by atoms with E-state index in [-0.39, 0.29) is 0 Å². The topological polar surface area (TPSA) is 57.4 Å². The predicted octanol–water partition coefficient (Wildman–Crippen LogP) is 2.32. The van der Waals surface area contributed by atoms with Crippen LogP contribution in [0.15, 0.2) is 18.3 Å². The molecule has 0 aliphatic heterocycles. The van der Waals surface area contributed by atoms with Crippen LogP contribution in [-0.4, -0.2) is 14.8 Å². The van der Waals surface area contributed by atoms with Crippen molar-refractivity contribution in [3.63, 3.8) is 0 Å². The van der Waals surface area contributed by atoms with Crippen LogP contribution < -0.4 is 0 Å². The van der Waals surface area contributed by atoms with Crippen molar-refractivity contribution < 1.29 is 0 Å². The van der Waals surface area contributed by atoms with Gasteiger partial charge in [-0.15, -0.1) is 0 Å². The van der Waals surface area contributed by atoms with E-state index in [0.29, 0.717) is 10.2 Å². The lowest BCUT2D eigenvalue weighted by molar-refractivity contribution is 0.756. The van der Waals surface area contributed by atoms with E-state index in [1.807, 2.05) is 32.3 Å². The number of aromatic amines is 1. The molecule has 2 rings (SSSR count). The van der Waals surface area contributed by atoms with Crippen LogP contribution in [0.5, 0.6) is 0 Å². The molecular formula is C11H10N4S. The van der Waals surface area contributed by atoms with Gasteiger partial charge >= 0.3 is 0 Å². The van der Waals surface area contributed by atoms with Gasteiger partial charge in [-0.05, 0) is 19.1 Å². The normalized spacial score (nSPS) is 10.1. The molecule has 2 aromatic rings. The Morgan fingerprint density at radius 2 is 2.25 bits per heavy atom. The molecule has 0 spiro atoms. The Bertz CT molecular complexity index is 630. The summed E-state index contributed by atoms with van der Waals surface area (Å²) in [5.41, 5.74) is 3.30. The fraction of sp³-hybridized carbons (Fsp3) is 0.182. The molecule has 1 N–H and O–H groups in total. The van der Waals surface area contributed by atoms with E-state index in [2.05, 4.69) is 10.1 Å². The zero-order valence-corrected chi connectivity index (χ0v) is 9.80. The van der Waals surface area contributed by atoms with Gasteiger partial charge in [0.25, 0.3) is 0 Å². The van der Waals surface area contributed by atoms with Crippen LogP contribution in [0.4, 0.5) is 0 Å². The second kappa shape index (κ2) is 3.91. The molecule has 0 unspecified atom stereocenters. The summed E-state index contributed by atoms with van der Waals surface area (Å²) >= 11 is 5.08. The maximum atomic E-state index is 8.79. The van der Waals surface area contributed by atoms with E-state index in [0.717, 1.165) is 17.0 Å². The minimum Gasteiger partial charge on any atom is -0.345 e. The number of nitrogens with one attached hydrogen (secondary N) is 1. The standard InChI is InChI=1S/C11H10N4S/c1-7-9(6-15(2)14-7)10-4-3-8(5-12)11(16)13-10/h3-4,6H,1-2H3,(H,13,16). The van der Waals surface area contributed by atoms with Crippen LogP contribution in [0, 0.1) is 22.9 Å². The third kappa shape index (κ3) is 1.75. The van der Waals surface area contributed by atoms with Crippen LogP contribution in [0.3, 0.4) is 0 Å². The van der Waals surface area contributed by atoms with E-state index in [9.17, 15) is 0 Å². The van der Waals surface area contributed by atoms with E-state index in [1.54, 1.807) is 10.7 Å². The van der Waals surface area contributed by atoms with Crippen molar-refractivity contribution in [2.45, 2.75) is 6.92 Å². The summed E-state index contributed by atoms with van der Waals surface area (Å²) in [4.78, 5) is 3.04. The zero-order valence-electron chi connectivity index (χ0n) is 8.98. The highest BCUT2D eigenvalue weighted by atomic mass is 32.1. The molecule has 0 fully saturated rings. The molecule has 0 saturated carbocycles. The number of pyridine rings is 1. The number of aromatic nitrogens is 3. The van der Waals surface area contributed by atoms with Crippen molar-refractivity contribution in [3.05, 3.63) is 34.2 Å². The van der Waals surface area contributed by atoms with Crippen molar-refractivity contribution in [3.8, 4) is 17.3 Å². The van der Waals surface area contributed by atoms with Gasteiger partial charge in [-0.1, -0.05) is 12.2 Å². The maximum Gasteiger partial charge on any atom is 0.121 e. The molecule has 0 aliphatic rings. The number of aryl methyl sites for hydroxylation is 2. The number of hydrogen-bond acceptors (Lipinski definition) is 3. The number of nitrogens with zero attached hydrogens (tertiary/aromatic N) is 3. The number of rotatable bonds is 1. The number of H-pyrrole nitrogens is 1. The monoisotopic (exact) mass is 230 g/mol. The van der Waals surface area contributed by atoms with Gasteiger partial charge in [0.15, 0.2) is 0 Å². The van der Waals surface area contributed by atoms with Crippen molar-refractivity contribution in [1.82, 2.24) is 14.8 Å². The van der Waals surface area contributed by atoms with Crippen molar-refractivity contribution in [2.24, 2.45) is 7.05 Å². The fourth-order valence-corrected chi connectivity index (χ4v) is 1.81.